The molecule has 78 valence electrons. The number of nitrogen functional groups attached to an aromatic ring is 1. The lowest BCUT2D eigenvalue weighted by Crippen LogP contribution is -2.02. The number of carbonyl (C=O) groups is 1. The molecule has 3 N–H and O–H groups in total. The maximum absolute atomic E-state index is 10.6. The number of anilines is 1. The zero-order chi connectivity index (χ0) is 11.3. The van der Waals surface area contributed by atoms with Gasteiger partial charge in [-0.15, -0.1) is 0 Å². The molecule has 0 bridgehead atoms. The molecule has 0 amide bonds. The standard InChI is InChI=1S/C7H5BrClNO2.C2H6/c8-5-2-3(9)1-4(6(5)10)7(11)12;1-2/h1-2H,10H2,(H,11,12);1-2H3. The second-order valence-corrected chi connectivity index (χ2v) is 3.44. The van der Waals surface area contributed by atoms with Crippen molar-refractivity contribution in [1.82, 2.24) is 0 Å². The summed E-state index contributed by atoms with van der Waals surface area (Å²) in [6, 6.07) is 2.85. The number of hydrogen-bond acceptors (Lipinski definition) is 2. The number of rotatable bonds is 1. The molecule has 5 heteroatoms. The van der Waals surface area contributed by atoms with Crippen molar-refractivity contribution in [3.8, 4) is 0 Å². The fourth-order valence-corrected chi connectivity index (χ4v) is 1.57. The van der Waals surface area contributed by atoms with Crippen LogP contribution in [0, 0.1) is 0 Å². The van der Waals surface area contributed by atoms with Crippen LogP contribution in [0.25, 0.3) is 0 Å². The molecule has 0 heterocycles. The van der Waals surface area contributed by atoms with E-state index in [4.69, 9.17) is 22.4 Å². The van der Waals surface area contributed by atoms with E-state index in [-0.39, 0.29) is 11.3 Å². The van der Waals surface area contributed by atoms with Crippen molar-refractivity contribution < 1.29 is 9.90 Å². The van der Waals surface area contributed by atoms with E-state index < -0.39 is 5.97 Å². The van der Waals surface area contributed by atoms with E-state index in [1.807, 2.05) is 13.8 Å². The van der Waals surface area contributed by atoms with E-state index in [0.717, 1.165) is 0 Å². The van der Waals surface area contributed by atoms with E-state index in [1.165, 1.54) is 6.07 Å². The summed E-state index contributed by atoms with van der Waals surface area (Å²) in [7, 11) is 0. The van der Waals surface area contributed by atoms with Crippen molar-refractivity contribution in [2.75, 3.05) is 5.73 Å². The summed E-state index contributed by atoms with van der Waals surface area (Å²) in [5, 5.41) is 9.00. The van der Waals surface area contributed by atoms with Gasteiger partial charge in [-0.1, -0.05) is 25.4 Å². The lowest BCUT2D eigenvalue weighted by Gasteiger charge is -2.03. The molecule has 1 aromatic carbocycles. The molecule has 0 unspecified atom stereocenters. The van der Waals surface area contributed by atoms with Crippen molar-refractivity contribution in [3.63, 3.8) is 0 Å². The van der Waals surface area contributed by atoms with Gasteiger partial charge in [0.2, 0.25) is 0 Å². The van der Waals surface area contributed by atoms with Crippen LogP contribution in [0.3, 0.4) is 0 Å². The van der Waals surface area contributed by atoms with Gasteiger partial charge in [0.25, 0.3) is 0 Å². The highest BCUT2D eigenvalue weighted by Gasteiger charge is 2.11. The van der Waals surface area contributed by atoms with Gasteiger partial charge in [-0.25, -0.2) is 4.79 Å². The average Bonchev–Trinajstić information content (AvgIpc) is 2.14. The summed E-state index contributed by atoms with van der Waals surface area (Å²) in [5.41, 5.74) is 5.66. The molecule has 0 radical (unpaired) electrons. The lowest BCUT2D eigenvalue weighted by molar-refractivity contribution is 0.0698. The topological polar surface area (TPSA) is 63.3 Å². The van der Waals surface area contributed by atoms with Gasteiger partial charge in [-0.2, -0.15) is 0 Å². The first-order chi connectivity index (χ1) is 6.52. The zero-order valence-electron chi connectivity index (χ0n) is 7.84. The molecule has 0 saturated carbocycles. The Kier molecular flexibility index (Phi) is 5.57. The fourth-order valence-electron chi connectivity index (χ4n) is 0.762. The lowest BCUT2D eigenvalue weighted by atomic mass is 10.2. The first-order valence-corrected chi connectivity index (χ1v) is 5.17. The summed E-state index contributed by atoms with van der Waals surface area (Å²) in [6.45, 7) is 4.00. The molecule has 0 atom stereocenters. The maximum Gasteiger partial charge on any atom is 0.337 e. The van der Waals surface area contributed by atoms with E-state index in [1.54, 1.807) is 6.07 Å². The Morgan fingerprint density at radius 2 is 2.00 bits per heavy atom. The molecule has 0 aliphatic heterocycles. The number of hydrogen-bond donors (Lipinski definition) is 2. The average molecular weight is 281 g/mol. The van der Waals surface area contributed by atoms with Crippen LogP contribution in [0.1, 0.15) is 24.2 Å². The van der Waals surface area contributed by atoms with Gasteiger partial charge < -0.3 is 10.8 Å². The molecule has 0 fully saturated rings. The van der Waals surface area contributed by atoms with Gasteiger partial charge in [0.15, 0.2) is 0 Å². The number of nitrogens with two attached hydrogens (primary N) is 1. The van der Waals surface area contributed by atoms with Gasteiger partial charge in [0.1, 0.15) is 0 Å². The number of carboxylic acid groups (broad SMARTS) is 1. The SMILES string of the molecule is CC.Nc1c(Br)cc(Cl)cc1C(=O)O. The highest BCUT2D eigenvalue weighted by molar-refractivity contribution is 9.10. The van der Waals surface area contributed by atoms with Crippen LogP contribution in [0.4, 0.5) is 5.69 Å². The van der Waals surface area contributed by atoms with Gasteiger partial charge in [-0.05, 0) is 28.1 Å². The largest absolute Gasteiger partial charge is 0.478 e. The fraction of sp³-hybridized carbons (Fsp3) is 0.222. The minimum atomic E-state index is -1.09. The predicted octanol–water partition coefficient (Wildman–Crippen LogP) is 3.41. The van der Waals surface area contributed by atoms with Crippen LogP contribution >= 0.6 is 27.5 Å². The van der Waals surface area contributed by atoms with Crippen LogP contribution in [0.5, 0.6) is 0 Å². The molecule has 0 aromatic heterocycles. The van der Waals surface area contributed by atoms with Crippen molar-refractivity contribution in [2.24, 2.45) is 0 Å². The molecule has 0 aliphatic rings. The second-order valence-electron chi connectivity index (χ2n) is 2.15. The number of halogens is 2. The van der Waals surface area contributed by atoms with Crippen LogP contribution in [0.15, 0.2) is 16.6 Å². The molecule has 3 nitrogen and oxygen atoms in total. The molecular formula is C9H11BrClNO2. The van der Waals surface area contributed by atoms with Crippen LogP contribution in [-0.4, -0.2) is 11.1 Å². The quantitative estimate of drug-likeness (QED) is 0.775. The Balaban J connectivity index is 0.000000791. The Labute approximate surface area is 96.0 Å². The third-order valence-electron chi connectivity index (χ3n) is 1.32. The van der Waals surface area contributed by atoms with Crippen molar-refractivity contribution in [3.05, 3.63) is 27.2 Å². The monoisotopic (exact) mass is 279 g/mol. The number of carboxylic acids is 1. The van der Waals surface area contributed by atoms with E-state index in [2.05, 4.69) is 15.9 Å². The third-order valence-corrected chi connectivity index (χ3v) is 2.20. The van der Waals surface area contributed by atoms with Crippen molar-refractivity contribution in [2.45, 2.75) is 13.8 Å². The van der Waals surface area contributed by atoms with Crippen molar-refractivity contribution >= 4 is 39.2 Å². The molecule has 0 saturated heterocycles. The third kappa shape index (κ3) is 3.20. The molecule has 1 aromatic rings. The predicted molar refractivity (Wildman–Crippen MR) is 61.9 cm³/mol. The zero-order valence-corrected chi connectivity index (χ0v) is 10.2. The van der Waals surface area contributed by atoms with Crippen molar-refractivity contribution in [1.29, 1.82) is 0 Å². The van der Waals surface area contributed by atoms with Gasteiger partial charge in [0, 0.05) is 9.50 Å². The Morgan fingerprint density at radius 3 is 2.43 bits per heavy atom. The number of benzene rings is 1. The Bertz CT molecular complexity index is 342. The van der Waals surface area contributed by atoms with Crippen LogP contribution < -0.4 is 5.73 Å². The maximum atomic E-state index is 10.6. The Hall–Kier alpha value is -0.740. The summed E-state index contributed by atoms with van der Waals surface area (Å²) in [5.74, 6) is -1.09. The Morgan fingerprint density at radius 1 is 1.50 bits per heavy atom. The summed E-state index contributed by atoms with van der Waals surface area (Å²) in [4.78, 5) is 10.6. The van der Waals surface area contributed by atoms with E-state index in [0.29, 0.717) is 9.50 Å². The molecular weight excluding hydrogens is 269 g/mol. The molecule has 0 aliphatic carbocycles. The summed E-state index contributed by atoms with van der Waals surface area (Å²) in [6.07, 6.45) is 0. The smallest absolute Gasteiger partial charge is 0.337 e. The summed E-state index contributed by atoms with van der Waals surface area (Å²) < 4.78 is 0.493. The van der Waals surface area contributed by atoms with Gasteiger partial charge in [0.05, 0.1) is 11.3 Å². The first kappa shape index (κ1) is 13.3. The second kappa shape index (κ2) is 5.88. The number of aromatic carboxylic acids is 1. The first-order valence-electron chi connectivity index (χ1n) is 4.00. The normalized spacial score (nSPS) is 8.86. The van der Waals surface area contributed by atoms with E-state index >= 15 is 0 Å². The van der Waals surface area contributed by atoms with Gasteiger partial charge >= 0.3 is 5.97 Å². The van der Waals surface area contributed by atoms with E-state index in [9.17, 15) is 4.79 Å². The molecule has 1 rings (SSSR count). The highest BCUT2D eigenvalue weighted by atomic mass is 79.9. The summed E-state index contributed by atoms with van der Waals surface area (Å²) >= 11 is 8.71. The molecule has 0 spiro atoms. The minimum Gasteiger partial charge on any atom is -0.478 e. The van der Waals surface area contributed by atoms with Crippen LogP contribution in [-0.2, 0) is 0 Å². The highest BCUT2D eigenvalue weighted by Crippen LogP contribution is 2.27. The van der Waals surface area contributed by atoms with Gasteiger partial charge in [-0.3, -0.25) is 0 Å². The minimum absolute atomic E-state index is 0.00868. The van der Waals surface area contributed by atoms with Crippen LogP contribution in [0.2, 0.25) is 5.02 Å². The molecule has 14 heavy (non-hydrogen) atoms.